The molecule has 0 aromatic heterocycles. The summed E-state index contributed by atoms with van der Waals surface area (Å²) in [5.74, 6) is 0.894. The molecule has 2 aliphatic heterocycles. The van der Waals surface area contributed by atoms with E-state index in [1.807, 2.05) is 0 Å². The van der Waals surface area contributed by atoms with Gasteiger partial charge in [-0.1, -0.05) is 6.92 Å². The van der Waals surface area contributed by atoms with Gasteiger partial charge in [0.05, 0.1) is 4.90 Å². The van der Waals surface area contributed by atoms with Gasteiger partial charge in [-0.3, -0.25) is 9.69 Å². The Morgan fingerprint density at radius 2 is 1.87 bits per heavy atom. The highest BCUT2D eigenvalue weighted by Gasteiger charge is 2.32. The summed E-state index contributed by atoms with van der Waals surface area (Å²) < 4.78 is 38.5. The maximum Gasteiger partial charge on any atom is 0.243 e. The van der Waals surface area contributed by atoms with E-state index in [-0.39, 0.29) is 16.7 Å². The third kappa shape index (κ3) is 5.25. The number of nitrogens with zero attached hydrogens (tertiary/aromatic N) is 2. The molecule has 0 spiro atoms. The van der Waals surface area contributed by atoms with Crippen molar-refractivity contribution in [3.05, 3.63) is 18.2 Å². The van der Waals surface area contributed by atoms with Crippen molar-refractivity contribution >= 4 is 15.9 Å². The van der Waals surface area contributed by atoms with Crippen molar-refractivity contribution in [2.45, 2.75) is 44.6 Å². The Hall–Kier alpha value is -1.84. The Morgan fingerprint density at radius 1 is 1.20 bits per heavy atom. The number of sulfonamides is 1. The fourth-order valence-corrected chi connectivity index (χ4v) is 5.43. The minimum atomic E-state index is -3.63. The molecule has 0 aliphatic carbocycles. The van der Waals surface area contributed by atoms with Crippen LogP contribution >= 0.6 is 0 Å². The molecule has 1 aromatic carbocycles. The second-order valence-electron chi connectivity index (χ2n) is 8.00. The number of hydrogen-bond acceptors (Lipinski definition) is 6. The highest BCUT2D eigenvalue weighted by Crippen LogP contribution is 2.34. The maximum atomic E-state index is 13.0. The van der Waals surface area contributed by atoms with Crippen LogP contribution in [0.5, 0.6) is 11.5 Å². The first kappa shape index (κ1) is 22.8. The predicted molar refractivity (Wildman–Crippen MR) is 114 cm³/mol. The smallest absolute Gasteiger partial charge is 0.243 e. The summed E-state index contributed by atoms with van der Waals surface area (Å²) in [6.45, 7) is 10.3. The summed E-state index contributed by atoms with van der Waals surface area (Å²) in [4.78, 5) is 15.0. The minimum absolute atomic E-state index is 0.0196. The molecule has 1 aromatic rings. The van der Waals surface area contributed by atoms with Gasteiger partial charge in [0.25, 0.3) is 0 Å². The fourth-order valence-electron chi connectivity index (χ4n) is 3.94. The van der Waals surface area contributed by atoms with Gasteiger partial charge >= 0.3 is 0 Å². The number of carbonyl (C=O) groups is 1. The van der Waals surface area contributed by atoms with Gasteiger partial charge in [-0.25, -0.2) is 8.42 Å². The van der Waals surface area contributed by atoms with Crippen LogP contribution in [0.1, 0.15) is 33.6 Å². The zero-order valence-corrected chi connectivity index (χ0v) is 18.9. The lowest BCUT2D eigenvalue weighted by atomic mass is 9.97. The molecule has 2 heterocycles. The summed E-state index contributed by atoms with van der Waals surface area (Å²) in [5, 5.41) is 3.01. The standard InChI is InChI=1S/C21H33N3O5S/c1-4-23(16(2)3)12-9-22-21(25)17-7-10-24(11-8-17)30(26,27)18-5-6-19-20(15-18)29-14-13-28-19/h5-6,15-17H,4,7-14H2,1-3H3,(H,22,25). The summed E-state index contributed by atoms with van der Waals surface area (Å²) in [7, 11) is -3.63. The van der Waals surface area contributed by atoms with Crippen molar-refractivity contribution in [3.63, 3.8) is 0 Å². The van der Waals surface area contributed by atoms with Gasteiger partial charge < -0.3 is 14.8 Å². The molecule has 0 radical (unpaired) electrons. The molecule has 8 nitrogen and oxygen atoms in total. The molecular formula is C21H33N3O5S. The SMILES string of the molecule is CCN(CCNC(=O)C1CCN(S(=O)(=O)c2ccc3c(c2)OCCO3)CC1)C(C)C. The lowest BCUT2D eigenvalue weighted by Crippen LogP contribution is -2.44. The average molecular weight is 440 g/mol. The van der Waals surface area contributed by atoms with Crippen molar-refractivity contribution in [2.24, 2.45) is 5.92 Å². The van der Waals surface area contributed by atoms with Gasteiger partial charge in [-0.2, -0.15) is 4.31 Å². The molecule has 0 unspecified atom stereocenters. The molecule has 1 fully saturated rings. The first-order valence-corrected chi connectivity index (χ1v) is 12.2. The Balaban J connectivity index is 1.52. The molecular weight excluding hydrogens is 406 g/mol. The van der Waals surface area contributed by atoms with E-state index in [1.54, 1.807) is 12.1 Å². The van der Waals surface area contributed by atoms with Gasteiger partial charge in [0, 0.05) is 44.2 Å². The molecule has 168 valence electrons. The quantitative estimate of drug-likeness (QED) is 0.663. The van der Waals surface area contributed by atoms with E-state index in [0.29, 0.717) is 63.2 Å². The zero-order valence-electron chi connectivity index (χ0n) is 18.1. The van der Waals surface area contributed by atoms with E-state index in [0.717, 1.165) is 13.1 Å². The van der Waals surface area contributed by atoms with E-state index in [1.165, 1.54) is 10.4 Å². The van der Waals surface area contributed by atoms with Crippen LogP contribution in [0.25, 0.3) is 0 Å². The number of fused-ring (bicyclic) bond motifs is 1. The summed E-state index contributed by atoms with van der Waals surface area (Å²) in [5.41, 5.74) is 0. The number of ether oxygens (including phenoxy) is 2. The van der Waals surface area contributed by atoms with Crippen LogP contribution in [0.3, 0.4) is 0 Å². The first-order valence-electron chi connectivity index (χ1n) is 10.7. The normalized spacial score (nSPS) is 18.0. The van der Waals surface area contributed by atoms with Crippen LogP contribution in [0.15, 0.2) is 23.1 Å². The number of amides is 1. The van der Waals surface area contributed by atoms with Crippen molar-refractivity contribution in [2.75, 3.05) is 45.9 Å². The van der Waals surface area contributed by atoms with E-state index in [4.69, 9.17) is 9.47 Å². The molecule has 9 heteroatoms. The van der Waals surface area contributed by atoms with Crippen LogP contribution in [0.2, 0.25) is 0 Å². The molecule has 1 saturated heterocycles. The number of hydrogen-bond donors (Lipinski definition) is 1. The first-order chi connectivity index (χ1) is 14.3. The number of benzene rings is 1. The van der Waals surface area contributed by atoms with E-state index >= 15 is 0 Å². The third-order valence-corrected chi connectivity index (χ3v) is 7.71. The van der Waals surface area contributed by atoms with E-state index in [9.17, 15) is 13.2 Å². The van der Waals surface area contributed by atoms with Crippen molar-refractivity contribution in [3.8, 4) is 11.5 Å². The molecule has 0 bridgehead atoms. The molecule has 1 N–H and O–H groups in total. The van der Waals surface area contributed by atoms with E-state index < -0.39 is 10.0 Å². The molecule has 3 rings (SSSR count). The lowest BCUT2D eigenvalue weighted by Gasteiger charge is -2.31. The number of carbonyl (C=O) groups excluding carboxylic acids is 1. The predicted octanol–water partition coefficient (Wildman–Crippen LogP) is 1.70. The van der Waals surface area contributed by atoms with Crippen LogP contribution in [-0.2, 0) is 14.8 Å². The third-order valence-electron chi connectivity index (χ3n) is 5.81. The average Bonchev–Trinajstić information content (AvgIpc) is 2.76. The summed E-state index contributed by atoms with van der Waals surface area (Å²) >= 11 is 0. The molecule has 2 aliphatic rings. The van der Waals surface area contributed by atoms with Crippen LogP contribution in [0, 0.1) is 5.92 Å². The van der Waals surface area contributed by atoms with Crippen molar-refractivity contribution in [1.29, 1.82) is 0 Å². The Morgan fingerprint density at radius 3 is 2.50 bits per heavy atom. The number of rotatable bonds is 8. The number of nitrogens with one attached hydrogen (secondary N) is 1. The highest BCUT2D eigenvalue weighted by atomic mass is 32.2. The van der Waals surface area contributed by atoms with Crippen molar-refractivity contribution < 1.29 is 22.7 Å². The van der Waals surface area contributed by atoms with Gasteiger partial charge in [0.2, 0.25) is 15.9 Å². The number of likely N-dealkylation sites (N-methyl/N-ethyl adjacent to an activating group) is 1. The molecule has 0 saturated carbocycles. The van der Waals surface area contributed by atoms with Gasteiger partial charge in [-0.05, 0) is 45.4 Å². The minimum Gasteiger partial charge on any atom is -0.486 e. The highest BCUT2D eigenvalue weighted by molar-refractivity contribution is 7.89. The van der Waals surface area contributed by atoms with Crippen molar-refractivity contribution in [1.82, 2.24) is 14.5 Å². The van der Waals surface area contributed by atoms with E-state index in [2.05, 4.69) is 31.0 Å². The van der Waals surface area contributed by atoms with Crippen LogP contribution in [0.4, 0.5) is 0 Å². The Labute approximate surface area is 179 Å². The Bertz CT molecular complexity index is 835. The van der Waals surface area contributed by atoms with Gasteiger partial charge in [-0.15, -0.1) is 0 Å². The summed E-state index contributed by atoms with van der Waals surface area (Å²) in [6, 6.07) is 5.16. The lowest BCUT2D eigenvalue weighted by molar-refractivity contribution is -0.126. The van der Waals surface area contributed by atoms with Crippen LogP contribution < -0.4 is 14.8 Å². The number of piperidine rings is 1. The second kappa shape index (κ2) is 9.98. The topological polar surface area (TPSA) is 88.2 Å². The molecule has 0 atom stereocenters. The monoisotopic (exact) mass is 439 g/mol. The fraction of sp³-hybridized carbons (Fsp3) is 0.667. The maximum absolute atomic E-state index is 13.0. The zero-order chi connectivity index (χ0) is 21.7. The Kier molecular flexibility index (Phi) is 7.60. The second-order valence-corrected chi connectivity index (χ2v) is 9.94. The van der Waals surface area contributed by atoms with Gasteiger partial charge in [0.1, 0.15) is 13.2 Å². The molecule has 30 heavy (non-hydrogen) atoms. The van der Waals surface area contributed by atoms with Crippen LogP contribution in [-0.4, -0.2) is 75.5 Å². The summed E-state index contributed by atoms with van der Waals surface area (Å²) in [6.07, 6.45) is 1.05. The van der Waals surface area contributed by atoms with Gasteiger partial charge in [0.15, 0.2) is 11.5 Å². The largest absolute Gasteiger partial charge is 0.486 e. The molecule has 1 amide bonds.